The van der Waals surface area contributed by atoms with Gasteiger partial charge in [0.2, 0.25) is 5.91 Å². The zero-order valence-corrected chi connectivity index (χ0v) is 15.7. The van der Waals surface area contributed by atoms with Crippen LogP contribution in [0.15, 0.2) is 33.6 Å². The first-order valence-corrected chi connectivity index (χ1v) is 9.54. The Kier molecular flexibility index (Phi) is 6.42. The van der Waals surface area contributed by atoms with Crippen LogP contribution in [-0.2, 0) is 14.8 Å². The number of benzene rings is 1. The molecule has 2 aliphatic heterocycles. The number of nitrogens with zero attached hydrogens (tertiary/aromatic N) is 2. The van der Waals surface area contributed by atoms with Gasteiger partial charge in [-0.3, -0.25) is 4.79 Å². The molecule has 9 heteroatoms. The predicted molar refractivity (Wildman–Crippen MR) is 98.6 cm³/mol. The van der Waals surface area contributed by atoms with Gasteiger partial charge in [0.05, 0.1) is 6.54 Å². The Hall–Kier alpha value is -1.64. The van der Waals surface area contributed by atoms with Crippen LogP contribution in [0, 0.1) is 5.92 Å². The number of amidine groups is 1. The molecule has 0 saturated carbocycles. The second-order valence-electron chi connectivity index (χ2n) is 6.24. The van der Waals surface area contributed by atoms with Gasteiger partial charge in [0.25, 0.3) is 10.0 Å². The van der Waals surface area contributed by atoms with Gasteiger partial charge in [0, 0.05) is 19.2 Å². The number of likely N-dealkylation sites (N-methyl/N-ethyl adjacent to an activating group) is 1. The third kappa shape index (κ3) is 4.50. The van der Waals surface area contributed by atoms with Crippen molar-refractivity contribution in [1.29, 1.82) is 0 Å². The molecule has 0 aromatic heterocycles. The van der Waals surface area contributed by atoms with E-state index in [1.54, 1.807) is 30.1 Å². The monoisotopic (exact) mass is 386 g/mol. The molecular weight excluding hydrogens is 364 g/mol. The van der Waals surface area contributed by atoms with Crippen molar-refractivity contribution in [1.82, 2.24) is 15.5 Å². The van der Waals surface area contributed by atoms with Crippen molar-refractivity contribution in [2.75, 3.05) is 33.2 Å². The highest BCUT2D eigenvalue weighted by molar-refractivity contribution is 7.90. The van der Waals surface area contributed by atoms with Crippen molar-refractivity contribution in [3.8, 4) is 0 Å². The summed E-state index contributed by atoms with van der Waals surface area (Å²) in [6.45, 7) is 2.78. The van der Waals surface area contributed by atoms with Crippen LogP contribution in [-0.4, -0.2) is 58.3 Å². The molecule has 3 rings (SSSR count). The number of hydrogen-bond donors (Lipinski definition) is 2. The highest BCUT2D eigenvalue weighted by Gasteiger charge is 2.30. The third-order valence-electron chi connectivity index (χ3n) is 4.39. The number of nitrogens with one attached hydrogen (secondary N) is 2. The minimum absolute atomic E-state index is 0. The zero-order chi connectivity index (χ0) is 17.2. The summed E-state index contributed by atoms with van der Waals surface area (Å²) in [5.74, 6) is 0.813. The van der Waals surface area contributed by atoms with E-state index >= 15 is 0 Å². The van der Waals surface area contributed by atoms with Gasteiger partial charge in [-0.1, -0.05) is 12.1 Å². The molecular formula is C16H23ClN4O3S. The lowest BCUT2D eigenvalue weighted by atomic mass is 10.1. The molecule has 1 fully saturated rings. The molecule has 0 radical (unpaired) electrons. The average molecular weight is 387 g/mol. The van der Waals surface area contributed by atoms with E-state index in [0.29, 0.717) is 23.9 Å². The van der Waals surface area contributed by atoms with Crippen molar-refractivity contribution < 1.29 is 13.2 Å². The van der Waals surface area contributed by atoms with Crippen LogP contribution in [0.3, 0.4) is 0 Å². The summed E-state index contributed by atoms with van der Waals surface area (Å²) in [5, 5.41) is 6.20. The van der Waals surface area contributed by atoms with E-state index in [9.17, 15) is 13.2 Å². The summed E-state index contributed by atoms with van der Waals surface area (Å²) in [6, 6.07) is 6.67. The quantitative estimate of drug-likeness (QED) is 0.773. The van der Waals surface area contributed by atoms with E-state index in [1.165, 1.54) is 6.07 Å². The first kappa shape index (κ1) is 19.7. The van der Waals surface area contributed by atoms with Gasteiger partial charge < -0.3 is 15.5 Å². The van der Waals surface area contributed by atoms with Gasteiger partial charge in [-0.25, -0.2) is 0 Å². The lowest BCUT2D eigenvalue weighted by molar-refractivity contribution is -0.121. The summed E-state index contributed by atoms with van der Waals surface area (Å²) in [5.41, 5.74) is 0.546. The number of carbonyl (C=O) groups is 1. The smallest absolute Gasteiger partial charge is 0.285 e. The maximum atomic E-state index is 12.1. The number of carbonyl (C=O) groups excluding carboxylic acids is 1. The molecule has 1 saturated heterocycles. The number of sulfonamides is 1. The minimum atomic E-state index is -3.66. The Bertz CT molecular complexity index is 760. The van der Waals surface area contributed by atoms with E-state index < -0.39 is 10.0 Å². The van der Waals surface area contributed by atoms with Gasteiger partial charge in [-0.15, -0.1) is 16.8 Å². The fraction of sp³-hybridized carbons (Fsp3) is 0.500. The molecule has 0 spiro atoms. The minimum Gasteiger partial charge on any atom is -0.355 e. The molecule has 138 valence electrons. The van der Waals surface area contributed by atoms with Gasteiger partial charge in [0.1, 0.15) is 4.90 Å². The van der Waals surface area contributed by atoms with E-state index in [1.807, 2.05) is 0 Å². The standard InChI is InChI=1S/C16H22N4O3S.ClH/c1-20(11-15(21)18-9-7-12-6-8-17-10-12)16-13-4-2-3-5-14(13)24(22,23)19-16;/h2-5,12,17H,6-11H2,1H3,(H,18,21);1H. The Morgan fingerprint density at radius 2 is 2.16 bits per heavy atom. The first-order valence-electron chi connectivity index (χ1n) is 8.10. The molecule has 1 aromatic carbocycles. The number of amides is 1. The lowest BCUT2D eigenvalue weighted by Gasteiger charge is -2.18. The fourth-order valence-corrected chi connectivity index (χ4v) is 4.34. The van der Waals surface area contributed by atoms with Crippen LogP contribution in [0.1, 0.15) is 18.4 Å². The third-order valence-corrected chi connectivity index (χ3v) is 5.72. The number of rotatable bonds is 5. The summed E-state index contributed by atoms with van der Waals surface area (Å²) in [6.07, 6.45) is 2.11. The van der Waals surface area contributed by atoms with Gasteiger partial charge in [-0.05, 0) is 44.0 Å². The molecule has 1 aromatic rings. The van der Waals surface area contributed by atoms with Crippen LogP contribution in [0.25, 0.3) is 0 Å². The maximum absolute atomic E-state index is 12.1. The maximum Gasteiger partial charge on any atom is 0.285 e. The molecule has 0 bridgehead atoms. The molecule has 25 heavy (non-hydrogen) atoms. The SMILES string of the molecule is CN(CC(=O)NCCC1CCNC1)C1=NS(=O)(=O)c2ccccc21.Cl. The highest BCUT2D eigenvalue weighted by atomic mass is 35.5. The molecule has 0 aliphatic carbocycles. The van der Waals surface area contributed by atoms with E-state index in [-0.39, 0.29) is 29.8 Å². The van der Waals surface area contributed by atoms with Crippen LogP contribution >= 0.6 is 12.4 Å². The zero-order valence-electron chi connectivity index (χ0n) is 14.1. The van der Waals surface area contributed by atoms with E-state index in [4.69, 9.17) is 0 Å². The molecule has 2 heterocycles. The summed E-state index contributed by atoms with van der Waals surface area (Å²) >= 11 is 0. The van der Waals surface area contributed by atoms with Crippen LogP contribution in [0.2, 0.25) is 0 Å². The second kappa shape index (κ2) is 8.16. The Balaban J connectivity index is 0.00000225. The van der Waals surface area contributed by atoms with Crippen molar-refractivity contribution in [3.63, 3.8) is 0 Å². The van der Waals surface area contributed by atoms with Crippen LogP contribution in [0.5, 0.6) is 0 Å². The summed E-state index contributed by atoms with van der Waals surface area (Å²) < 4.78 is 27.9. The predicted octanol–water partition coefficient (Wildman–Crippen LogP) is 0.605. The number of halogens is 1. The molecule has 7 nitrogen and oxygen atoms in total. The van der Waals surface area contributed by atoms with Crippen molar-refractivity contribution in [3.05, 3.63) is 29.8 Å². The first-order chi connectivity index (χ1) is 11.5. The lowest BCUT2D eigenvalue weighted by Crippen LogP contribution is -2.39. The van der Waals surface area contributed by atoms with Gasteiger partial charge in [0.15, 0.2) is 5.84 Å². The molecule has 1 atom stereocenters. The normalized spacial score (nSPS) is 20.4. The second-order valence-corrected chi connectivity index (χ2v) is 7.81. The highest BCUT2D eigenvalue weighted by Crippen LogP contribution is 2.26. The number of fused-ring (bicyclic) bond motifs is 1. The largest absolute Gasteiger partial charge is 0.355 e. The molecule has 2 N–H and O–H groups in total. The molecule has 1 amide bonds. The number of hydrogen-bond acceptors (Lipinski definition) is 5. The Morgan fingerprint density at radius 1 is 1.40 bits per heavy atom. The van der Waals surface area contributed by atoms with Gasteiger partial charge >= 0.3 is 0 Å². The average Bonchev–Trinajstić information content (AvgIpc) is 3.14. The van der Waals surface area contributed by atoms with Crippen molar-refractivity contribution in [2.45, 2.75) is 17.7 Å². The van der Waals surface area contributed by atoms with E-state index in [2.05, 4.69) is 15.0 Å². The fourth-order valence-electron chi connectivity index (χ4n) is 3.09. The van der Waals surface area contributed by atoms with Crippen LogP contribution in [0.4, 0.5) is 0 Å². The molecule has 1 unspecified atom stereocenters. The van der Waals surface area contributed by atoms with E-state index in [0.717, 1.165) is 25.9 Å². The van der Waals surface area contributed by atoms with Crippen molar-refractivity contribution in [2.24, 2.45) is 10.3 Å². The topological polar surface area (TPSA) is 90.9 Å². The summed E-state index contributed by atoms with van der Waals surface area (Å²) in [7, 11) is -1.98. The Labute approximate surface area is 154 Å². The van der Waals surface area contributed by atoms with Crippen molar-refractivity contribution >= 4 is 34.2 Å². The Morgan fingerprint density at radius 3 is 2.88 bits per heavy atom. The van der Waals surface area contributed by atoms with Gasteiger partial charge in [-0.2, -0.15) is 8.42 Å². The van der Waals surface area contributed by atoms with Crippen LogP contribution < -0.4 is 10.6 Å². The summed E-state index contributed by atoms with van der Waals surface area (Å²) in [4.78, 5) is 13.9. The molecule has 2 aliphatic rings.